The lowest BCUT2D eigenvalue weighted by Crippen LogP contribution is -2.32. The Labute approximate surface area is 115 Å². The Morgan fingerprint density at radius 2 is 1.95 bits per heavy atom. The molecule has 0 bridgehead atoms. The van der Waals surface area contributed by atoms with Crippen LogP contribution in [0.25, 0.3) is 0 Å². The summed E-state index contributed by atoms with van der Waals surface area (Å²) in [6.45, 7) is 1.32. The molecule has 0 unspecified atom stereocenters. The minimum Gasteiger partial charge on any atom is -0.460 e. The second kappa shape index (κ2) is 8.67. The fraction of sp³-hybridized carbons (Fsp3) is 0.533. The van der Waals surface area contributed by atoms with Gasteiger partial charge in [-0.3, -0.25) is 4.79 Å². The molecule has 0 radical (unpaired) electrons. The molecule has 0 saturated carbocycles. The van der Waals surface area contributed by atoms with Gasteiger partial charge < -0.3 is 15.4 Å². The highest BCUT2D eigenvalue weighted by atomic mass is 16.5. The maximum absolute atomic E-state index is 11.7. The molecule has 0 amide bonds. The van der Waals surface area contributed by atoms with E-state index in [1.807, 2.05) is 44.4 Å². The number of rotatable bonds is 8. The van der Waals surface area contributed by atoms with Crippen LogP contribution >= 0.6 is 0 Å². The van der Waals surface area contributed by atoms with Crippen molar-refractivity contribution in [1.29, 1.82) is 0 Å². The molecule has 0 saturated heterocycles. The number of hydrogen-bond acceptors (Lipinski definition) is 4. The number of ether oxygens (including phenoxy) is 1. The zero-order chi connectivity index (χ0) is 14.1. The van der Waals surface area contributed by atoms with Crippen LogP contribution in [0.5, 0.6) is 0 Å². The third-order valence-corrected chi connectivity index (χ3v) is 2.90. The van der Waals surface area contributed by atoms with Crippen molar-refractivity contribution in [3.63, 3.8) is 0 Å². The first-order valence-electron chi connectivity index (χ1n) is 6.70. The molecule has 0 aliphatic carbocycles. The van der Waals surface area contributed by atoms with Gasteiger partial charge in [-0.15, -0.1) is 0 Å². The van der Waals surface area contributed by atoms with E-state index < -0.39 is 6.04 Å². The monoisotopic (exact) mass is 264 g/mol. The van der Waals surface area contributed by atoms with Gasteiger partial charge in [-0.1, -0.05) is 36.8 Å². The van der Waals surface area contributed by atoms with Crippen molar-refractivity contribution >= 4 is 5.97 Å². The highest BCUT2D eigenvalue weighted by Crippen LogP contribution is 2.05. The van der Waals surface area contributed by atoms with Gasteiger partial charge in [0.2, 0.25) is 0 Å². The first-order valence-corrected chi connectivity index (χ1v) is 6.70. The van der Waals surface area contributed by atoms with Gasteiger partial charge in [0.15, 0.2) is 0 Å². The van der Waals surface area contributed by atoms with Gasteiger partial charge in [0.1, 0.15) is 12.6 Å². The van der Waals surface area contributed by atoms with Gasteiger partial charge in [0, 0.05) is 0 Å². The summed E-state index contributed by atoms with van der Waals surface area (Å²) in [7, 11) is 4.07. The molecule has 19 heavy (non-hydrogen) atoms. The van der Waals surface area contributed by atoms with Gasteiger partial charge in [-0.25, -0.2) is 0 Å². The smallest absolute Gasteiger partial charge is 0.323 e. The Morgan fingerprint density at radius 3 is 2.58 bits per heavy atom. The van der Waals surface area contributed by atoms with Crippen molar-refractivity contribution in [3.8, 4) is 0 Å². The Morgan fingerprint density at radius 1 is 1.26 bits per heavy atom. The minimum atomic E-state index is -0.508. The summed E-state index contributed by atoms with van der Waals surface area (Å²) in [6.07, 6.45) is 2.67. The molecule has 1 aromatic rings. The summed E-state index contributed by atoms with van der Waals surface area (Å²) in [4.78, 5) is 13.8. The van der Waals surface area contributed by atoms with Crippen molar-refractivity contribution in [1.82, 2.24) is 4.90 Å². The maximum Gasteiger partial charge on any atom is 0.323 e. The van der Waals surface area contributed by atoms with E-state index in [0.717, 1.165) is 24.9 Å². The summed E-state index contributed by atoms with van der Waals surface area (Å²) >= 11 is 0. The molecule has 0 fully saturated rings. The van der Waals surface area contributed by atoms with Crippen LogP contribution in [0, 0.1) is 0 Å². The fourth-order valence-corrected chi connectivity index (χ4v) is 1.75. The van der Waals surface area contributed by atoms with Crippen LogP contribution in [0.4, 0.5) is 0 Å². The third-order valence-electron chi connectivity index (χ3n) is 2.90. The SMILES string of the molecule is CN(C)CCCC[C@H](N)C(=O)OCc1ccccc1. The molecule has 0 spiro atoms. The Balaban J connectivity index is 2.18. The highest BCUT2D eigenvalue weighted by Gasteiger charge is 2.14. The summed E-state index contributed by atoms with van der Waals surface area (Å²) in [5.74, 6) is -0.311. The summed E-state index contributed by atoms with van der Waals surface area (Å²) in [5, 5.41) is 0. The van der Waals surface area contributed by atoms with Gasteiger partial charge in [0.25, 0.3) is 0 Å². The molecule has 0 aliphatic heterocycles. The van der Waals surface area contributed by atoms with E-state index in [1.165, 1.54) is 0 Å². The van der Waals surface area contributed by atoms with Gasteiger partial charge >= 0.3 is 5.97 Å². The minimum absolute atomic E-state index is 0.297. The first-order chi connectivity index (χ1) is 9.09. The molecular formula is C15H24N2O2. The predicted molar refractivity (Wildman–Crippen MR) is 76.6 cm³/mol. The molecule has 4 nitrogen and oxygen atoms in total. The molecule has 0 heterocycles. The first kappa shape index (κ1) is 15.7. The van der Waals surface area contributed by atoms with E-state index in [-0.39, 0.29) is 5.97 Å². The van der Waals surface area contributed by atoms with E-state index in [0.29, 0.717) is 13.0 Å². The normalized spacial score (nSPS) is 12.4. The summed E-state index contributed by atoms with van der Waals surface area (Å²) in [6, 6.07) is 9.12. The van der Waals surface area contributed by atoms with Crippen molar-refractivity contribution in [2.24, 2.45) is 5.73 Å². The number of carbonyl (C=O) groups excluding carboxylic acids is 1. The van der Waals surface area contributed by atoms with E-state index in [9.17, 15) is 4.79 Å². The number of esters is 1. The highest BCUT2D eigenvalue weighted by molar-refractivity contribution is 5.75. The number of nitrogens with zero attached hydrogens (tertiary/aromatic N) is 1. The molecule has 2 N–H and O–H groups in total. The average molecular weight is 264 g/mol. The van der Waals surface area contributed by atoms with E-state index in [2.05, 4.69) is 4.90 Å². The molecule has 4 heteroatoms. The fourth-order valence-electron chi connectivity index (χ4n) is 1.75. The van der Waals surface area contributed by atoms with E-state index >= 15 is 0 Å². The molecule has 0 aliphatic rings. The summed E-state index contributed by atoms with van der Waals surface area (Å²) in [5.41, 5.74) is 6.79. The number of carbonyl (C=O) groups is 1. The lowest BCUT2D eigenvalue weighted by molar-refractivity contribution is -0.146. The van der Waals surface area contributed by atoms with Crippen LogP contribution in [0.3, 0.4) is 0 Å². The summed E-state index contributed by atoms with van der Waals surface area (Å²) < 4.78 is 5.19. The van der Waals surface area contributed by atoms with Gasteiger partial charge in [0.05, 0.1) is 0 Å². The van der Waals surface area contributed by atoms with Gasteiger partial charge in [-0.2, -0.15) is 0 Å². The van der Waals surface area contributed by atoms with Crippen LogP contribution < -0.4 is 5.73 Å². The second-order valence-corrected chi connectivity index (χ2v) is 5.00. The van der Waals surface area contributed by atoms with Crippen LogP contribution in [0.15, 0.2) is 30.3 Å². The number of unbranched alkanes of at least 4 members (excludes halogenated alkanes) is 1. The number of benzene rings is 1. The molecule has 1 rings (SSSR count). The Kier molecular flexibility index (Phi) is 7.15. The van der Waals surface area contributed by atoms with Crippen LogP contribution in [-0.4, -0.2) is 37.6 Å². The quantitative estimate of drug-likeness (QED) is 0.574. The van der Waals surface area contributed by atoms with Crippen molar-refractivity contribution in [3.05, 3.63) is 35.9 Å². The number of nitrogens with two attached hydrogens (primary N) is 1. The standard InChI is InChI=1S/C15H24N2O2/c1-17(2)11-7-6-10-14(16)15(18)19-12-13-8-4-3-5-9-13/h3-5,8-9,14H,6-7,10-12,16H2,1-2H3/t14-/m0/s1. The second-order valence-electron chi connectivity index (χ2n) is 5.00. The van der Waals surface area contributed by atoms with Crippen molar-refractivity contribution in [2.45, 2.75) is 31.9 Å². The topological polar surface area (TPSA) is 55.6 Å². The zero-order valence-corrected chi connectivity index (χ0v) is 11.8. The lowest BCUT2D eigenvalue weighted by Gasteiger charge is -2.13. The molecule has 1 atom stereocenters. The molecule has 0 aromatic heterocycles. The van der Waals surface area contributed by atoms with Crippen LogP contribution in [-0.2, 0) is 16.1 Å². The Hall–Kier alpha value is -1.39. The van der Waals surface area contributed by atoms with Gasteiger partial charge in [-0.05, 0) is 39.0 Å². The largest absolute Gasteiger partial charge is 0.460 e. The third kappa shape index (κ3) is 6.94. The molecular weight excluding hydrogens is 240 g/mol. The molecule has 106 valence electrons. The average Bonchev–Trinajstić information content (AvgIpc) is 2.41. The van der Waals surface area contributed by atoms with Crippen molar-refractivity contribution in [2.75, 3.05) is 20.6 Å². The Bertz CT molecular complexity index is 366. The van der Waals surface area contributed by atoms with E-state index in [1.54, 1.807) is 0 Å². The number of hydrogen-bond donors (Lipinski definition) is 1. The lowest BCUT2D eigenvalue weighted by atomic mass is 10.1. The maximum atomic E-state index is 11.7. The zero-order valence-electron chi connectivity index (χ0n) is 11.8. The predicted octanol–water partition coefficient (Wildman–Crippen LogP) is 1.79. The van der Waals surface area contributed by atoms with E-state index in [4.69, 9.17) is 10.5 Å². The molecule has 1 aromatic carbocycles. The van der Waals surface area contributed by atoms with Crippen LogP contribution in [0.1, 0.15) is 24.8 Å². The van der Waals surface area contributed by atoms with Crippen LogP contribution in [0.2, 0.25) is 0 Å². The van der Waals surface area contributed by atoms with Crippen molar-refractivity contribution < 1.29 is 9.53 Å².